The molecule has 1 fully saturated rings. The number of benzene rings is 1. The number of likely N-dealkylation sites (tertiary alicyclic amines) is 1. The Labute approximate surface area is 146 Å². The summed E-state index contributed by atoms with van der Waals surface area (Å²) in [4.78, 5) is 34.4. The summed E-state index contributed by atoms with van der Waals surface area (Å²) >= 11 is 0. The predicted molar refractivity (Wildman–Crippen MR) is 92.4 cm³/mol. The first-order chi connectivity index (χ1) is 12.1. The van der Waals surface area contributed by atoms with Crippen LogP contribution in [0.5, 0.6) is 5.88 Å². The zero-order valence-electron chi connectivity index (χ0n) is 14.2. The van der Waals surface area contributed by atoms with Crippen LogP contribution in [0.2, 0.25) is 0 Å². The van der Waals surface area contributed by atoms with Crippen LogP contribution >= 0.6 is 0 Å². The molecule has 2 heterocycles. The molecule has 0 N–H and O–H groups in total. The van der Waals surface area contributed by atoms with Crippen molar-refractivity contribution in [1.29, 1.82) is 0 Å². The van der Waals surface area contributed by atoms with E-state index in [4.69, 9.17) is 4.74 Å². The van der Waals surface area contributed by atoms with Gasteiger partial charge in [0.1, 0.15) is 11.9 Å². The maximum absolute atomic E-state index is 12.3. The minimum atomic E-state index is -0.0666. The van der Waals surface area contributed by atoms with Gasteiger partial charge in [-0.05, 0) is 6.92 Å². The molecule has 130 valence electrons. The molecule has 3 rings (SSSR count). The number of carbonyl (C=O) groups excluding carboxylic acids is 2. The van der Waals surface area contributed by atoms with Crippen molar-refractivity contribution in [2.24, 2.45) is 0 Å². The first-order valence-electron chi connectivity index (χ1n) is 8.44. The Morgan fingerprint density at radius 1 is 1.20 bits per heavy atom. The van der Waals surface area contributed by atoms with E-state index in [0.29, 0.717) is 30.4 Å². The molecule has 1 atom stereocenters. The van der Waals surface area contributed by atoms with E-state index in [2.05, 4.69) is 9.97 Å². The number of Topliss-reactive ketones (excluding diaryl/α,β-unsaturated/α-hetero) is 1. The molecule has 0 saturated carbocycles. The van der Waals surface area contributed by atoms with Gasteiger partial charge in [-0.3, -0.25) is 9.59 Å². The fraction of sp³-hybridized carbons (Fsp3) is 0.368. The van der Waals surface area contributed by atoms with Crippen LogP contribution in [0, 0.1) is 6.92 Å². The van der Waals surface area contributed by atoms with Crippen LogP contribution in [-0.2, 0) is 4.79 Å². The third-order valence-electron chi connectivity index (χ3n) is 4.20. The van der Waals surface area contributed by atoms with Gasteiger partial charge in [0.05, 0.1) is 6.54 Å². The number of ketones is 1. The summed E-state index contributed by atoms with van der Waals surface area (Å²) < 4.78 is 5.82. The van der Waals surface area contributed by atoms with Crippen molar-refractivity contribution in [3.63, 3.8) is 0 Å². The zero-order valence-corrected chi connectivity index (χ0v) is 14.2. The van der Waals surface area contributed by atoms with E-state index in [0.717, 1.165) is 6.42 Å². The second-order valence-corrected chi connectivity index (χ2v) is 6.10. The molecule has 6 heteroatoms. The number of ether oxygens (including phenoxy) is 1. The van der Waals surface area contributed by atoms with Gasteiger partial charge in [-0.2, -0.15) is 4.98 Å². The summed E-state index contributed by atoms with van der Waals surface area (Å²) in [6.45, 7) is 2.98. The van der Waals surface area contributed by atoms with Crippen LogP contribution in [0.3, 0.4) is 0 Å². The average Bonchev–Trinajstić information content (AvgIpc) is 3.08. The highest BCUT2D eigenvalue weighted by atomic mass is 16.5. The molecule has 6 nitrogen and oxygen atoms in total. The molecule has 1 aliphatic rings. The van der Waals surface area contributed by atoms with Crippen molar-refractivity contribution < 1.29 is 14.3 Å². The van der Waals surface area contributed by atoms with Crippen LogP contribution in [0.15, 0.2) is 42.6 Å². The lowest BCUT2D eigenvalue weighted by molar-refractivity contribution is -0.130. The molecule has 1 aromatic carbocycles. The standard InChI is InChI=1S/C19H21N3O3/c1-14-20-11-9-18(21-14)25-16-10-12-22(13-16)19(24)8-7-17(23)15-5-3-2-4-6-15/h2-6,9,11,16H,7-8,10,12-13H2,1H3/t16-/m1/s1. The molecule has 1 aromatic heterocycles. The SMILES string of the molecule is Cc1nccc(O[C@@H]2CCN(C(=O)CCC(=O)c3ccccc3)C2)n1. The molecule has 0 aliphatic carbocycles. The molecule has 1 aliphatic heterocycles. The lowest BCUT2D eigenvalue weighted by atomic mass is 10.1. The molecular formula is C19H21N3O3. The highest BCUT2D eigenvalue weighted by Crippen LogP contribution is 2.18. The van der Waals surface area contributed by atoms with Crippen molar-refractivity contribution in [2.45, 2.75) is 32.3 Å². The second kappa shape index (κ2) is 7.88. The van der Waals surface area contributed by atoms with Crippen molar-refractivity contribution in [3.05, 3.63) is 54.0 Å². The highest BCUT2D eigenvalue weighted by Gasteiger charge is 2.28. The van der Waals surface area contributed by atoms with Crippen molar-refractivity contribution in [1.82, 2.24) is 14.9 Å². The van der Waals surface area contributed by atoms with Gasteiger partial charge in [0.15, 0.2) is 5.78 Å². The minimum Gasteiger partial charge on any atom is -0.472 e. The van der Waals surface area contributed by atoms with Gasteiger partial charge < -0.3 is 9.64 Å². The predicted octanol–water partition coefficient (Wildman–Crippen LogP) is 2.43. The van der Waals surface area contributed by atoms with Gasteiger partial charge in [0, 0.05) is 43.6 Å². The van der Waals surface area contributed by atoms with Gasteiger partial charge in [-0.25, -0.2) is 4.98 Å². The summed E-state index contributed by atoms with van der Waals surface area (Å²) in [5.41, 5.74) is 0.650. The van der Waals surface area contributed by atoms with E-state index in [1.165, 1.54) is 0 Å². The molecule has 0 unspecified atom stereocenters. The first-order valence-corrected chi connectivity index (χ1v) is 8.44. The number of amides is 1. The van der Waals surface area contributed by atoms with Crippen molar-refractivity contribution in [2.75, 3.05) is 13.1 Å². The maximum atomic E-state index is 12.3. The quantitative estimate of drug-likeness (QED) is 0.756. The number of hydrogen-bond acceptors (Lipinski definition) is 5. The summed E-state index contributed by atoms with van der Waals surface area (Å²) in [6.07, 6.45) is 2.82. The number of nitrogens with zero attached hydrogens (tertiary/aromatic N) is 3. The Balaban J connectivity index is 1.47. The van der Waals surface area contributed by atoms with Crippen LogP contribution in [0.25, 0.3) is 0 Å². The Kier molecular flexibility index (Phi) is 5.38. The third kappa shape index (κ3) is 4.62. The van der Waals surface area contributed by atoms with Gasteiger partial charge in [-0.1, -0.05) is 30.3 Å². The van der Waals surface area contributed by atoms with E-state index < -0.39 is 0 Å². The average molecular weight is 339 g/mol. The summed E-state index contributed by atoms with van der Waals surface area (Å²) in [5.74, 6) is 1.18. The molecule has 0 radical (unpaired) electrons. The number of aromatic nitrogens is 2. The molecule has 25 heavy (non-hydrogen) atoms. The fourth-order valence-corrected chi connectivity index (χ4v) is 2.87. The van der Waals surface area contributed by atoms with E-state index in [9.17, 15) is 9.59 Å². The molecule has 0 spiro atoms. The Morgan fingerprint density at radius 2 is 2.00 bits per heavy atom. The normalized spacial score (nSPS) is 16.7. The molecule has 1 saturated heterocycles. The largest absolute Gasteiger partial charge is 0.472 e. The Bertz CT molecular complexity index is 749. The zero-order chi connectivity index (χ0) is 17.6. The lowest BCUT2D eigenvalue weighted by Gasteiger charge is -2.17. The van der Waals surface area contributed by atoms with E-state index in [1.54, 1.807) is 36.2 Å². The summed E-state index contributed by atoms with van der Waals surface area (Å²) in [5, 5.41) is 0. The molecule has 2 aromatic rings. The van der Waals surface area contributed by atoms with Gasteiger partial charge in [0.2, 0.25) is 11.8 Å². The maximum Gasteiger partial charge on any atom is 0.223 e. The Hall–Kier alpha value is -2.76. The van der Waals surface area contributed by atoms with Crippen LogP contribution in [0.1, 0.15) is 35.4 Å². The number of hydrogen-bond donors (Lipinski definition) is 0. The van der Waals surface area contributed by atoms with Crippen molar-refractivity contribution in [3.8, 4) is 5.88 Å². The third-order valence-corrected chi connectivity index (χ3v) is 4.20. The monoisotopic (exact) mass is 339 g/mol. The number of carbonyl (C=O) groups is 2. The lowest BCUT2D eigenvalue weighted by Crippen LogP contribution is -2.31. The van der Waals surface area contributed by atoms with Gasteiger partial charge in [0.25, 0.3) is 0 Å². The molecule has 0 bridgehead atoms. The smallest absolute Gasteiger partial charge is 0.223 e. The number of rotatable bonds is 6. The van der Waals surface area contributed by atoms with Crippen LogP contribution in [0.4, 0.5) is 0 Å². The van der Waals surface area contributed by atoms with Crippen molar-refractivity contribution >= 4 is 11.7 Å². The number of aryl methyl sites for hydroxylation is 1. The van der Waals surface area contributed by atoms with E-state index in [1.807, 2.05) is 18.2 Å². The van der Waals surface area contributed by atoms with Gasteiger partial charge in [-0.15, -0.1) is 0 Å². The van der Waals surface area contributed by atoms with E-state index in [-0.39, 0.29) is 30.6 Å². The van der Waals surface area contributed by atoms with Crippen LogP contribution in [-0.4, -0.2) is 45.8 Å². The fourth-order valence-electron chi connectivity index (χ4n) is 2.87. The van der Waals surface area contributed by atoms with Crippen LogP contribution < -0.4 is 4.74 Å². The second-order valence-electron chi connectivity index (χ2n) is 6.10. The summed E-state index contributed by atoms with van der Waals surface area (Å²) in [6, 6.07) is 10.8. The van der Waals surface area contributed by atoms with E-state index >= 15 is 0 Å². The topological polar surface area (TPSA) is 72.4 Å². The van der Waals surface area contributed by atoms with Gasteiger partial charge >= 0.3 is 0 Å². The Morgan fingerprint density at radius 3 is 2.76 bits per heavy atom. The first kappa shape index (κ1) is 17.1. The molecule has 1 amide bonds. The summed E-state index contributed by atoms with van der Waals surface area (Å²) in [7, 11) is 0. The molecular weight excluding hydrogens is 318 g/mol. The highest BCUT2D eigenvalue weighted by molar-refractivity contribution is 5.97. The minimum absolute atomic E-state index is 0.00240.